The molecule has 1 atom stereocenters. The molecule has 0 spiro atoms. The molecule has 1 aliphatic heterocycles. The van der Waals surface area contributed by atoms with Crippen LogP contribution in [0, 0.1) is 5.95 Å². The molecule has 1 aliphatic rings. The predicted molar refractivity (Wildman–Crippen MR) is 44.2 cm³/mol. The van der Waals surface area contributed by atoms with E-state index in [0.29, 0.717) is 6.04 Å². The molecule has 0 aromatic carbocycles. The highest BCUT2D eigenvalue weighted by Gasteiger charge is 2.16. The lowest BCUT2D eigenvalue weighted by Gasteiger charge is -2.09. The second-order valence-electron chi connectivity index (χ2n) is 3.06. The quantitative estimate of drug-likeness (QED) is 0.641. The van der Waals surface area contributed by atoms with Crippen molar-refractivity contribution >= 4 is 0 Å². The standard InChI is InChI=1S/C9H11FN2/c10-9-6-7(3-5-12-9)8-2-1-4-11-8/h3,5-6,8,11H,1-2,4H2/t8-/m0/s1. The van der Waals surface area contributed by atoms with Gasteiger partial charge in [0.2, 0.25) is 5.95 Å². The normalized spacial score (nSPS) is 22.9. The summed E-state index contributed by atoms with van der Waals surface area (Å²) in [4.78, 5) is 3.52. The van der Waals surface area contributed by atoms with E-state index in [9.17, 15) is 4.39 Å². The van der Waals surface area contributed by atoms with Crippen LogP contribution in [0.5, 0.6) is 0 Å². The van der Waals surface area contributed by atoms with Crippen LogP contribution < -0.4 is 5.32 Å². The Morgan fingerprint density at radius 1 is 1.58 bits per heavy atom. The zero-order chi connectivity index (χ0) is 8.39. The number of pyridine rings is 1. The smallest absolute Gasteiger partial charge is 0.213 e. The summed E-state index contributed by atoms with van der Waals surface area (Å²) >= 11 is 0. The minimum atomic E-state index is -0.388. The van der Waals surface area contributed by atoms with Crippen molar-refractivity contribution in [1.82, 2.24) is 10.3 Å². The lowest BCUT2D eigenvalue weighted by atomic mass is 10.1. The predicted octanol–water partition coefficient (Wildman–Crippen LogP) is 1.65. The van der Waals surface area contributed by atoms with Crippen molar-refractivity contribution in [2.24, 2.45) is 0 Å². The monoisotopic (exact) mass is 166 g/mol. The highest BCUT2D eigenvalue weighted by molar-refractivity contribution is 5.16. The third-order valence-corrected chi connectivity index (χ3v) is 2.21. The molecule has 1 aromatic heterocycles. The molecule has 0 amide bonds. The van der Waals surface area contributed by atoms with Gasteiger partial charge in [-0.25, -0.2) is 4.98 Å². The molecule has 1 aromatic rings. The maximum Gasteiger partial charge on any atom is 0.213 e. The molecule has 12 heavy (non-hydrogen) atoms. The SMILES string of the molecule is Fc1cc([C@@H]2CCCN2)ccn1. The number of halogens is 1. The summed E-state index contributed by atoms with van der Waals surface area (Å²) in [6, 6.07) is 3.71. The van der Waals surface area contributed by atoms with E-state index in [2.05, 4.69) is 10.3 Å². The maximum absolute atomic E-state index is 12.7. The molecule has 1 fully saturated rings. The average molecular weight is 166 g/mol. The summed E-state index contributed by atoms with van der Waals surface area (Å²) in [5.74, 6) is -0.388. The van der Waals surface area contributed by atoms with Gasteiger partial charge in [-0.2, -0.15) is 4.39 Å². The van der Waals surface area contributed by atoms with Crippen LogP contribution in [0.4, 0.5) is 4.39 Å². The number of nitrogens with one attached hydrogen (secondary N) is 1. The van der Waals surface area contributed by atoms with Crippen molar-refractivity contribution in [2.75, 3.05) is 6.54 Å². The van der Waals surface area contributed by atoms with Crippen molar-refractivity contribution < 1.29 is 4.39 Å². The van der Waals surface area contributed by atoms with Gasteiger partial charge in [-0.05, 0) is 37.1 Å². The van der Waals surface area contributed by atoms with Crippen molar-refractivity contribution in [2.45, 2.75) is 18.9 Å². The van der Waals surface area contributed by atoms with Gasteiger partial charge in [0.15, 0.2) is 0 Å². The highest BCUT2D eigenvalue weighted by Crippen LogP contribution is 2.22. The van der Waals surface area contributed by atoms with Crippen LogP contribution in [0.25, 0.3) is 0 Å². The molecular weight excluding hydrogens is 155 g/mol. The molecule has 2 heterocycles. The van der Waals surface area contributed by atoms with E-state index < -0.39 is 0 Å². The van der Waals surface area contributed by atoms with Gasteiger partial charge in [-0.15, -0.1) is 0 Å². The molecule has 64 valence electrons. The zero-order valence-corrected chi connectivity index (χ0v) is 6.76. The summed E-state index contributed by atoms with van der Waals surface area (Å²) in [6.45, 7) is 1.04. The molecule has 3 heteroatoms. The lowest BCUT2D eigenvalue weighted by molar-refractivity contribution is 0.570. The van der Waals surface area contributed by atoms with Crippen LogP contribution in [0.1, 0.15) is 24.4 Å². The molecular formula is C9H11FN2. The van der Waals surface area contributed by atoms with E-state index >= 15 is 0 Å². The van der Waals surface area contributed by atoms with E-state index in [0.717, 1.165) is 18.5 Å². The molecule has 2 nitrogen and oxygen atoms in total. The first-order valence-electron chi connectivity index (χ1n) is 4.21. The van der Waals surface area contributed by atoms with Crippen LogP contribution >= 0.6 is 0 Å². The van der Waals surface area contributed by atoms with Crippen LogP contribution in [0.15, 0.2) is 18.3 Å². The number of rotatable bonds is 1. The fraction of sp³-hybridized carbons (Fsp3) is 0.444. The Morgan fingerprint density at radius 2 is 2.50 bits per heavy atom. The average Bonchev–Trinajstić information content (AvgIpc) is 2.56. The summed E-state index contributed by atoms with van der Waals surface area (Å²) in [5, 5.41) is 3.31. The van der Waals surface area contributed by atoms with Gasteiger partial charge >= 0.3 is 0 Å². The number of hydrogen-bond acceptors (Lipinski definition) is 2. The van der Waals surface area contributed by atoms with Crippen molar-refractivity contribution in [3.63, 3.8) is 0 Å². The minimum Gasteiger partial charge on any atom is -0.310 e. The summed E-state index contributed by atoms with van der Waals surface area (Å²) in [7, 11) is 0. The van der Waals surface area contributed by atoms with E-state index in [-0.39, 0.29) is 5.95 Å². The van der Waals surface area contributed by atoms with Crippen molar-refractivity contribution in [3.05, 3.63) is 29.8 Å². The van der Waals surface area contributed by atoms with Crippen LogP contribution in [-0.2, 0) is 0 Å². The topological polar surface area (TPSA) is 24.9 Å². The third kappa shape index (κ3) is 1.46. The summed E-state index contributed by atoms with van der Waals surface area (Å²) in [6.07, 6.45) is 3.79. The second kappa shape index (κ2) is 3.19. The molecule has 2 rings (SSSR count). The molecule has 0 unspecified atom stereocenters. The van der Waals surface area contributed by atoms with Gasteiger partial charge < -0.3 is 5.32 Å². The van der Waals surface area contributed by atoms with Gasteiger partial charge in [-0.1, -0.05) is 0 Å². The molecule has 0 bridgehead atoms. The Labute approximate surface area is 70.8 Å². The molecule has 1 N–H and O–H groups in total. The fourth-order valence-electron chi connectivity index (χ4n) is 1.60. The fourth-order valence-corrected chi connectivity index (χ4v) is 1.60. The Kier molecular flexibility index (Phi) is 2.04. The first-order chi connectivity index (χ1) is 5.86. The Hall–Kier alpha value is -0.960. The maximum atomic E-state index is 12.7. The van der Waals surface area contributed by atoms with Crippen molar-refractivity contribution in [1.29, 1.82) is 0 Å². The second-order valence-corrected chi connectivity index (χ2v) is 3.06. The van der Waals surface area contributed by atoms with Gasteiger partial charge in [-0.3, -0.25) is 0 Å². The first-order valence-corrected chi connectivity index (χ1v) is 4.21. The van der Waals surface area contributed by atoms with Crippen molar-refractivity contribution in [3.8, 4) is 0 Å². The van der Waals surface area contributed by atoms with Crippen LogP contribution in [0.2, 0.25) is 0 Å². The minimum absolute atomic E-state index is 0.336. The molecule has 0 radical (unpaired) electrons. The Bertz CT molecular complexity index is 269. The highest BCUT2D eigenvalue weighted by atomic mass is 19.1. The number of hydrogen-bond donors (Lipinski definition) is 1. The largest absolute Gasteiger partial charge is 0.310 e. The van der Waals surface area contributed by atoms with Gasteiger partial charge in [0.1, 0.15) is 0 Å². The third-order valence-electron chi connectivity index (χ3n) is 2.21. The summed E-state index contributed by atoms with van der Waals surface area (Å²) in [5.41, 5.74) is 1.01. The zero-order valence-electron chi connectivity index (χ0n) is 6.76. The first kappa shape index (κ1) is 7.68. The number of nitrogens with zero attached hydrogens (tertiary/aromatic N) is 1. The van der Waals surface area contributed by atoms with E-state index in [1.807, 2.05) is 6.07 Å². The Morgan fingerprint density at radius 3 is 3.17 bits per heavy atom. The van der Waals surface area contributed by atoms with E-state index in [1.165, 1.54) is 18.7 Å². The Balaban J connectivity index is 2.21. The number of aromatic nitrogens is 1. The molecule has 0 aliphatic carbocycles. The molecule has 0 saturated carbocycles. The van der Waals surface area contributed by atoms with Gasteiger partial charge in [0.05, 0.1) is 0 Å². The van der Waals surface area contributed by atoms with Gasteiger partial charge in [0, 0.05) is 12.2 Å². The van der Waals surface area contributed by atoms with E-state index in [1.54, 1.807) is 0 Å². The molecule has 1 saturated heterocycles. The van der Waals surface area contributed by atoms with Gasteiger partial charge in [0.25, 0.3) is 0 Å². The van der Waals surface area contributed by atoms with Crippen LogP contribution in [-0.4, -0.2) is 11.5 Å². The summed E-state index contributed by atoms with van der Waals surface area (Å²) < 4.78 is 12.7. The van der Waals surface area contributed by atoms with Crippen LogP contribution in [0.3, 0.4) is 0 Å². The lowest BCUT2D eigenvalue weighted by Crippen LogP contribution is -2.12. The van der Waals surface area contributed by atoms with E-state index in [4.69, 9.17) is 0 Å².